The molecule has 1 aliphatic carbocycles. The van der Waals surface area contributed by atoms with Crippen LogP contribution in [0.2, 0.25) is 0 Å². The van der Waals surface area contributed by atoms with Gasteiger partial charge in [-0.3, -0.25) is 9.00 Å². The zero-order chi connectivity index (χ0) is 12.8. The molecule has 0 heterocycles. The Morgan fingerprint density at radius 1 is 1.29 bits per heavy atom. The number of ketones is 1. The fourth-order valence-electron chi connectivity index (χ4n) is 2.40. The number of hydrogen-bond donors (Lipinski definition) is 1. The SMILES string of the molecule is CC(C)C(=O)C(N)CS(=O)CC1CCCCC1. The summed E-state index contributed by atoms with van der Waals surface area (Å²) < 4.78 is 11.9. The summed E-state index contributed by atoms with van der Waals surface area (Å²) in [6, 6.07) is -0.542. The van der Waals surface area contributed by atoms with Crippen LogP contribution in [0.15, 0.2) is 0 Å². The third kappa shape index (κ3) is 5.30. The maximum Gasteiger partial charge on any atom is 0.152 e. The first-order valence-corrected chi connectivity index (χ1v) is 8.13. The highest BCUT2D eigenvalue weighted by Gasteiger charge is 2.22. The molecule has 0 aromatic rings. The lowest BCUT2D eigenvalue weighted by molar-refractivity contribution is -0.122. The van der Waals surface area contributed by atoms with Crippen LogP contribution >= 0.6 is 0 Å². The molecule has 1 fully saturated rings. The van der Waals surface area contributed by atoms with Gasteiger partial charge in [0, 0.05) is 28.2 Å². The third-order valence-electron chi connectivity index (χ3n) is 3.45. The van der Waals surface area contributed by atoms with Crippen molar-refractivity contribution in [1.82, 2.24) is 0 Å². The first-order chi connectivity index (χ1) is 8.00. The minimum atomic E-state index is -0.931. The number of hydrogen-bond acceptors (Lipinski definition) is 3. The van der Waals surface area contributed by atoms with E-state index >= 15 is 0 Å². The molecule has 1 aliphatic rings. The van der Waals surface area contributed by atoms with Gasteiger partial charge >= 0.3 is 0 Å². The minimum absolute atomic E-state index is 0.0296. The van der Waals surface area contributed by atoms with Crippen molar-refractivity contribution >= 4 is 16.6 Å². The lowest BCUT2D eigenvalue weighted by Gasteiger charge is -2.21. The van der Waals surface area contributed by atoms with Gasteiger partial charge in [0.15, 0.2) is 5.78 Å². The monoisotopic (exact) mass is 259 g/mol. The number of nitrogens with two attached hydrogens (primary N) is 1. The van der Waals surface area contributed by atoms with Crippen molar-refractivity contribution in [3.8, 4) is 0 Å². The van der Waals surface area contributed by atoms with E-state index in [4.69, 9.17) is 5.73 Å². The van der Waals surface area contributed by atoms with Crippen molar-refractivity contribution < 1.29 is 9.00 Å². The molecule has 3 nitrogen and oxygen atoms in total. The molecule has 1 saturated carbocycles. The lowest BCUT2D eigenvalue weighted by atomic mass is 9.91. The summed E-state index contributed by atoms with van der Waals surface area (Å²) in [6.07, 6.45) is 6.23. The van der Waals surface area contributed by atoms with Gasteiger partial charge in [0.2, 0.25) is 0 Å². The molecule has 0 radical (unpaired) electrons. The average Bonchev–Trinajstić information content (AvgIpc) is 2.28. The minimum Gasteiger partial charge on any atom is -0.321 e. The highest BCUT2D eigenvalue weighted by atomic mass is 32.2. The topological polar surface area (TPSA) is 60.2 Å². The van der Waals surface area contributed by atoms with Crippen molar-refractivity contribution in [2.45, 2.75) is 52.0 Å². The van der Waals surface area contributed by atoms with E-state index in [1.807, 2.05) is 13.8 Å². The van der Waals surface area contributed by atoms with Gasteiger partial charge in [0.1, 0.15) is 0 Å². The lowest BCUT2D eigenvalue weighted by Crippen LogP contribution is -2.39. The van der Waals surface area contributed by atoms with Crippen molar-refractivity contribution in [2.24, 2.45) is 17.6 Å². The van der Waals surface area contributed by atoms with Gasteiger partial charge in [0.05, 0.1) is 6.04 Å². The van der Waals surface area contributed by atoms with Crippen LogP contribution < -0.4 is 5.73 Å². The molecular formula is C13H25NO2S. The fourth-order valence-corrected chi connectivity index (χ4v) is 3.96. The molecule has 2 atom stereocenters. The molecule has 0 aliphatic heterocycles. The summed E-state index contributed by atoms with van der Waals surface area (Å²) in [5.41, 5.74) is 5.78. The zero-order valence-corrected chi connectivity index (χ0v) is 11.8. The smallest absolute Gasteiger partial charge is 0.152 e. The number of carbonyl (C=O) groups is 1. The van der Waals surface area contributed by atoms with Crippen LogP contribution in [0.5, 0.6) is 0 Å². The molecule has 2 N–H and O–H groups in total. The zero-order valence-electron chi connectivity index (χ0n) is 11.0. The molecule has 0 aromatic heterocycles. The quantitative estimate of drug-likeness (QED) is 0.792. The van der Waals surface area contributed by atoms with E-state index in [-0.39, 0.29) is 11.7 Å². The van der Waals surface area contributed by atoms with E-state index in [1.54, 1.807) is 0 Å². The van der Waals surface area contributed by atoms with Crippen molar-refractivity contribution in [2.75, 3.05) is 11.5 Å². The molecular weight excluding hydrogens is 234 g/mol. The summed E-state index contributed by atoms with van der Waals surface area (Å²) in [5.74, 6) is 1.64. The molecule has 0 amide bonds. The van der Waals surface area contributed by atoms with Gasteiger partial charge in [-0.2, -0.15) is 0 Å². The van der Waals surface area contributed by atoms with Gasteiger partial charge in [-0.25, -0.2) is 0 Å². The molecule has 0 aromatic carbocycles. The number of rotatable bonds is 6. The van der Waals surface area contributed by atoms with Gasteiger partial charge in [-0.15, -0.1) is 0 Å². The predicted octanol–water partition coefficient (Wildman–Crippen LogP) is 1.87. The first kappa shape index (κ1) is 14.8. The van der Waals surface area contributed by atoms with E-state index < -0.39 is 16.8 Å². The maximum absolute atomic E-state index is 11.9. The van der Waals surface area contributed by atoms with Crippen molar-refractivity contribution in [3.63, 3.8) is 0 Å². The van der Waals surface area contributed by atoms with Crippen LogP contribution in [0.1, 0.15) is 46.0 Å². The van der Waals surface area contributed by atoms with Crippen LogP contribution in [0, 0.1) is 11.8 Å². The molecule has 2 unspecified atom stereocenters. The Labute approximate surface area is 107 Å². The highest BCUT2D eigenvalue weighted by molar-refractivity contribution is 7.85. The second-order valence-corrected chi connectivity index (χ2v) is 6.99. The summed E-state index contributed by atoms with van der Waals surface area (Å²) in [7, 11) is -0.931. The Kier molecular flexibility index (Phi) is 6.34. The Balaban J connectivity index is 2.30. The second-order valence-electron chi connectivity index (χ2n) is 5.44. The predicted molar refractivity (Wildman–Crippen MR) is 72.3 cm³/mol. The molecule has 0 saturated heterocycles. The molecule has 17 heavy (non-hydrogen) atoms. The molecule has 0 bridgehead atoms. The summed E-state index contributed by atoms with van der Waals surface area (Å²) >= 11 is 0. The van der Waals surface area contributed by atoms with E-state index in [0.29, 0.717) is 11.7 Å². The van der Waals surface area contributed by atoms with Crippen LogP contribution in [0.4, 0.5) is 0 Å². The maximum atomic E-state index is 11.9. The Morgan fingerprint density at radius 3 is 2.41 bits per heavy atom. The van der Waals surface area contributed by atoms with Crippen LogP contribution in [-0.2, 0) is 15.6 Å². The van der Waals surface area contributed by atoms with Crippen LogP contribution in [-0.4, -0.2) is 27.5 Å². The molecule has 1 rings (SSSR count). The summed E-state index contributed by atoms with van der Waals surface area (Å²) in [6.45, 7) is 3.68. The van der Waals surface area contributed by atoms with Gasteiger partial charge in [-0.05, 0) is 18.8 Å². The van der Waals surface area contributed by atoms with Crippen LogP contribution in [0.25, 0.3) is 0 Å². The third-order valence-corrected chi connectivity index (χ3v) is 5.02. The van der Waals surface area contributed by atoms with Gasteiger partial charge in [-0.1, -0.05) is 33.1 Å². The Morgan fingerprint density at radius 2 is 1.88 bits per heavy atom. The normalized spacial score (nSPS) is 21.4. The van der Waals surface area contributed by atoms with E-state index in [9.17, 15) is 9.00 Å². The standard InChI is InChI=1S/C13H25NO2S/c1-10(2)13(15)12(14)9-17(16)8-11-6-4-3-5-7-11/h10-12H,3-9,14H2,1-2H3. The van der Waals surface area contributed by atoms with Gasteiger partial charge in [0.25, 0.3) is 0 Å². The molecule has 0 spiro atoms. The number of carbonyl (C=O) groups excluding carboxylic acids is 1. The van der Waals surface area contributed by atoms with E-state index in [2.05, 4.69) is 0 Å². The summed E-state index contributed by atoms with van der Waals surface area (Å²) in [4.78, 5) is 11.6. The molecule has 4 heteroatoms. The largest absolute Gasteiger partial charge is 0.321 e. The number of Topliss-reactive ketones (excluding diaryl/α,β-unsaturated/α-hetero) is 1. The second kappa shape index (κ2) is 7.27. The Hall–Kier alpha value is -0.220. The molecule has 100 valence electrons. The van der Waals surface area contributed by atoms with E-state index in [1.165, 1.54) is 32.1 Å². The first-order valence-electron chi connectivity index (χ1n) is 6.65. The average molecular weight is 259 g/mol. The Bertz CT molecular complexity index is 273. The van der Waals surface area contributed by atoms with E-state index in [0.717, 1.165) is 5.75 Å². The van der Waals surface area contributed by atoms with Gasteiger partial charge < -0.3 is 5.73 Å². The fraction of sp³-hybridized carbons (Fsp3) is 0.923. The van der Waals surface area contributed by atoms with Crippen LogP contribution in [0.3, 0.4) is 0 Å². The summed E-state index contributed by atoms with van der Waals surface area (Å²) in [5, 5.41) is 0. The highest BCUT2D eigenvalue weighted by Crippen LogP contribution is 2.24. The van der Waals surface area contributed by atoms with Crippen molar-refractivity contribution in [1.29, 1.82) is 0 Å². The van der Waals surface area contributed by atoms with Crippen molar-refractivity contribution in [3.05, 3.63) is 0 Å².